The van der Waals surface area contributed by atoms with E-state index in [1.165, 1.54) is 0 Å². The minimum Gasteiger partial charge on any atom is -0.396 e. The molecule has 0 amide bonds. The lowest BCUT2D eigenvalue weighted by Crippen LogP contribution is -2.05. The van der Waals surface area contributed by atoms with E-state index in [1.807, 2.05) is 25.1 Å². The Morgan fingerprint density at radius 3 is 3.08 bits per heavy atom. The molecule has 0 saturated heterocycles. The Morgan fingerprint density at radius 2 is 2.38 bits per heavy atom. The topological polar surface area (TPSA) is 50.9 Å². The van der Waals surface area contributed by atoms with Crippen molar-refractivity contribution in [2.75, 3.05) is 17.6 Å². The molecule has 13 heavy (non-hydrogen) atoms. The normalized spacial score (nSPS) is 9.62. The largest absolute Gasteiger partial charge is 0.396 e. The summed E-state index contributed by atoms with van der Waals surface area (Å²) in [5, 5.41) is 3.15. The lowest BCUT2D eigenvalue weighted by Gasteiger charge is -2.07. The van der Waals surface area contributed by atoms with Gasteiger partial charge in [-0.3, -0.25) is 0 Å². The molecule has 0 fully saturated rings. The van der Waals surface area contributed by atoms with Gasteiger partial charge in [-0.05, 0) is 25.5 Å². The molecule has 1 rings (SSSR count). The molecular weight excluding hydrogens is 162 g/mol. The van der Waals surface area contributed by atoms with E-state index < -0.39 is 0 Å². The summed E-state index contributed by atoms with van der Waals surface area (Å²) < 4.78 is 0. The lowest BCUT2D eigenvalue weighted by atomic mass is 10.3. The molecular formula is C10H15N3. The van der Waals surface area contributed by atoms with Crippen molar-refractivity contribution in [3.05, 3.63) is 30.5 Å². The fourth-order valence-electron chi connectivity index (χ4n) is 1.00. The molecule has 3 heteroatoms. The van der Waals surface area contributed by atoms with E-state index in [9.17, 15) is 0 Å². The molecule has 0 aliphatic carbocycles. The van der Waals surface area contributed by atoms with Gasteiger partial charge in [-0.15, -0.1) is 6.58 Å². The Kier molecular flexibility index (Phi) is 3.31. The Labute approximate surface area is 78.7 Å². The van der Waals surface area contributed by atoms with Crippen LogP contribution in [-0.4, -0.2) is 11.5 Å². The summed E-state index contributed by atoms with van der Waals surface area (Å²) >= 11 is 0. The predicted molar refractivity (Wildman–Crippen MR) is 56.7 cm³/mol. The van der Waals surface area contributed by atoms with Gasteiger partial charge in [0.05, 0.1) is 5.69 Å². The number of rotatable bonds is 4. The molecule has 1 heterocycles. The summed E-state index contributed by atoms with van der Waals surface area (Å²) in [6, 6.07) is 3.76. The van der Waals surface area contributed by atoms with Gasteiger partial charge in [0, 0.05) is 12.2 Å². The van der Waals surface area contributed by atoms with Crippen LogP contribution in [0.15, 0.2) is 24.8 Å². The number of aryl methyl sites for hydroxylation is 1. The summed E-state index contributed by atoms with van der Waals surface area (Å²) in [4.78, 5) is 4.27. The summed E-state index contributed by atoms with van der Waals surface area (Å²) in [6.45, 7) is 6.41. The zero-order chi connectivity index (χ0) is 9.68. The first-order valence-corrected chi connectivity index (χ1v) is 4.32. The van der Waals surface area contributed by atoms with Crippen LogP contribution in [0, 0.1) is 6.92 Å². The Hall–Kier alpha value is -1.51. The number of aromatic nitrogens is 1. The van der Waals surface area contributed by atoms with Gasteiger partial charge in [-0.1, -0.05) is 6.08 Å². The van der Waals surface area contributed by atoms with Gasteiger partial charge in [-0.2, -0.15) is 0 Å². The van der Waals surface area contributed by atoms with Crippen LogP contribution in [0.3, 0.4) is 0 Å². The number of nitrogens with one attached hydrogen (secondary N) is 1. The Balaban J connectivity index is 2.64. The van der Waals surface area contributed by atoms with Crippen molar-refractivity contribution in [1.82, 2.24) is 4.98 Å². The third kappa shape index (κ3) is 2.78. The van der Waals surface area contributed by atoms with Crippen LogP contribution in [0.1, 0.15) is 12.1 Å². The molecule has 0 aliphatic rings. The summed E-state index contributed by atoms with van der Waals surface area (Å²) in [5.74, 6) is 0.766. The second-order valence-corrected chi connectivity index (χ2v) is 2.89. The smallest absolute Gasteiger partial charge is 0.149 e. The number of pyridine rings is 1. The zero-order valence-corrected chi connectivity index (χ0v) is 7.88. The monoisotopic (exact) mass is 177 g/mol. The molecule has 0 aliphatic heterocycles. The number of nitrogens with two attached hydrogens (primary N) is 1. The van der Waals surface area contributed by atoms with Crippen LogP contribution >= 0.6 is 0 Å². The van der Waals surface area contributed by atoms with Gasteiger partial charge >= 0.3 is 0 Å². The van der Waals surface area contributed by atoms with Crippen LogP contribution in [0.25, 0.3) is 0 Å². The summed E-state index contributed by atoms with van der Waals surface area (Å²) in [6.07, 6.45) is 2.77. The van der Waals surface area contributed by atoms with E-state index in [4.69, 9.17) is 5.73 Å². The van der Waals surface area contributed by atoms with Crippen LogP contribution in [0.2, 0.25) is 0 Å². The first-order chi connectivity index (χ1) is 6.24. The van der Waals surface area contributed by atoms with Gasteiger partial charge < -0.3 is 11.1 Å². The van der Waals surface area contributed by atoms with Crippen molar-refractivity contribution in [2.45, 2.75) is 13.3 Å². The second-order valence-electron chi connectivity index (χ2n) is 2.89. The Bertz CT molecular complexity index is 294. The highest BCUT2D eigenvalue weighted by atomic mass is 15.0. The molecule has 0 bridgehead atoms. The quantitative estimate of drug-likeness (QED) is 0.546. The minimum absolute atomic E-state index is 0.690. The third-order valence-electron chi connectivity index (χ3n) is 1.71. The standard InChI is InChI=1S/C10H15N3/c1-3-4-7-12-10-9(11)6-5-8(2)13-10/h3,5-6H,1,4,7,11H2,2H3,(H,12,13). The highest BCUT2D eigenvalue weighted by Crippen LogP contribution is 2.14. The fourth-order valence-corrected chi connectivity index (χ4v) is 1.00. The van der Waals surface area contributed by atoms with E-state index in [1.54, 1.807) is 0 Å². The Morgan fingerprint density at radius 1 is 1.62 bits per heavy atom. The van der Waals surface area contributed by atoms with Crippen LogP contribution < -0.4 is 11.1 Å². The van der Waals surface area contributed by atoms with E-state index >= 15 is 0 Å². The van der Waals surface area contributed by atoms with Crippen LogP contribution in [-0.2, 0) is 0 Å². The highest BCUT2D eigenvalue weighted by molar-refractivity contribution is 5.61. The van der Waals surface area contributed by atoms with Crippen molar-refractivity contribution < 1.29 is 0 Å². The number of nitrogens with zero attached hydrogens (tertiary/aromatic N) is 1. The maximum atomic E-state index is 5.72. The lowest BCUT2D eigenvalue weighted by molar-refractivity contribution is 1.04. The first-order valence-electron chi connectivity index (χ1n) is 4.32. The van der Waals surface area contributed by atoms with Crippen LogP contribution in [0.4, 0.5) is 11.5 Å². The molecule has 1 aromatic heterocycles. The van der Waals surface area contributed by atoms with Gasteiger partial charge in [0.25, 0.3) is 0 Å². The first kappa shape index (κ1) is 9.58. The number of nitrogen functional groups attached to an aromatic ring is 1. The minimum atomic E-state index is 0.690. The number of hydrogen-bond donors (Lipinski definition) is 2. The number of anilines is 2. The second kappa shape index (κ2) is 4.50. The maximum Gasteiger partial charge on any atom is 0.149 e. The molecule has 0 saturated carbocycles. The molecule has 1 aromatic rings. The fraction of sp³-hybridized carbons (Fsp3) is 0.300. The van der Waals surface area contributed by atoms with E-state index in [2.05, 4.69) is 16.9 Å². The van der Waals surface area contributed by atoms with Crippen molar-refractivity contribution >= 4 is 11.5 Å². The number of hydrogen-bond acceptors (Lipinski definition) is 3. The maximum absolute atomic E-state index is 5.72. The average Bonchev–Trinajstić information content (AvgIpc) is 2.11. The molecule has 0 radical (unpaired) electrons. The average molecular weight is 177 g/mol. The van der Waals surface area contributed by atoms with Crippen molar-refractivity contribution in [3.63, 3.8) is 0 Å². The molecule has 0 unspecified atom stereocenters. The van der Waals surface area contributed by atoms with E-state index in [-0.39, 0.29) is 0 Å². The van der Waals surface area contributed by atoms with Crippen LogP contribution in [0.5, 0.6) is 0 Å². The molecule has 3 N–H and O–H groups in total. The van der Waals surface area contributed by atoms with Gasteiger partial charge in [0.15, 0.2) is 0 Å². The van der Waals surface area contributed by atoms with E-state index in [0.29, 0.717) is 5.69 Å². The predicted octanol–water partition coefficient (Wildman–Crippen LogP) is 1.96. The molecule has 0 atom stereocenters. The van der Waals surface area contributed by atoms with E-state index in [0.717, 1.165) is 24.5 Å². The van der Waals surface area contributed by atoms with Crippen molar-refractivity contribution in [2.24, 2.45) is 0 Å². The summed E-state index contributed by atoms with van der Waals surface area (Å²) in [7, 11) is 0. The van der Waals surface area contributed by atoms with Gasteiger partial charge in [0.1, 0.15) is 5.82 Å². The van der Waals surface area contributed by atoms with Crippen molar-refractivity contribution in [3.8, 4) is 0 Å². The van der Waals surface area contributed by atoms with Crippen molar-refractivity contribution in [1.29, 1.82) is 0 Å². The van der Waals surface area contributed by atoms with Gasteiger partial charge in [-0.25, -0.2) is 4.98 Å². The highest BCUT2D eigenvalue weighted by Gasteiger charge is 1.98. The third-order valence-corrected chi connectivity index (χ3v) is 1.71. The molecule has 0 aromatic carbocycles. The van der Waals surface area contributed by atoms with Gasteiger partial charge in [0.2, 0.25) is 0 Å². The summed E-state index contributed by atoms with van der Waals surface area (Å²) in [5.41, 5.74) is 7.38. The molecule has 70 valence electrons. The molecule has 0 spiro atoms. The molecule has 3 nitrogen and oxygen atoms in total. The SMILES string of the molecule is C=CCCNc1nc(C)ccc1N. The zero-order valence-electron chi connectivity index (χ0n) is 7.88.